The van der Waals surface area contributed by atoms with Crippen molar-refractivity contribution in [2.75, 3.05) is 11.4 Å². The molecule has 0 spiro atoms. The first-order chi connectivity index (χ1) is 14.8. The molecular formula is C21H22N4O4S2. The van der Waals surface area contributed by atoms with Crippen LogP contribution in [0.25, 0.3) is 0 Å². The molecule has 8 nitrogen and oxygen atoms in total. The Balaban J connectivity index is 1.54. The largest absolute Gasteiger partial charge is 0.274 e. The molecule has 2 aromatic heterocycles. The summed E-state index contributed by atoms with van der Waals surface area (Å²) >= 11 is 1.54. The first-order valence-electron chi connectivity index (χ1n) is 9.78. The van der Waals surface area contributed by atoms with E-state index in [1.165, 1.54) is 24.3 Å². The minimum absolute atomic E-state index is 0.0636. The van der Waals surface area contributed by atoms with Crippen molar-refractivity contribution in [3.05, 3.63) is 64.1 Å². The van der Waals surface area contributed by atoms with E-state index in [9.17, 15) is 18.0 Å². The summed E-state index contributed by atoms with van der Waals surface area (Å²) in [6, 6.07) is 11.3. The van der Waals surface area contributed by atoms with Crippen molar-refractivity contribution in [2.45, 2.75) is 37.6 Å². The van der Waals surface area contributed by atoms with Gasteiger partial charge in [0.1, 0.15) is 0 Å². The van der Waals surface area contributed by atoms with Crippen LogP contribution in [0, 0.1) is 13.8 Å². The van der Waals surface area contributed by atoms with Crippen molar-refractivity contribution in [1.29, 1.82) is 0 Å². The van der Waals surface area contributed by atoms with Gasteiger partial charge < -0.3 is 0 Å². The van der Waals surface area contributed by atoms with Crippen LogP contribution in [-0.4, -0.2) is 36.6 Å². The van der Waals surface area contributed by atoms with E-state index in [4.69, 9.17) is 0 Å². The number of rotatable bonds is 7. The maximum absolute atomic E-state index is 12.9. The summed E-state index contributed by atoms with van der Waals surface area (Å²) in [5, 5.41) is 6.48. The monoisotopic (exact) mass is 458 g/mol. The van der Waals surface area contributed by atoms with Crippen LogP contribution in [0.1, 0.15) is 35.1 Å². The molecule has 1 atom stereocenters. The fraction of sp³-hybridized carbons (Fsp3) is 0.286. The molecule has 2 amide bonds. The average Bonchev–Trinajstić information content (AvgIpc) is 3.44. The number of imide groups is 1. The van der Waals surface area contributed by atoms with Gasteiger partial charge in [0.05, 0.1) is 22.3 Å². The minimum Gasteiger partial charge on any atom is -0.274 e. The van der Waals surface area contributed by atoms with E-state index in [2.05, 4.69) is 9.82 Å². The summed E-state index contributed by atoms with van der Waals surface area (Å²) in [5.41, 5.74) is 2.19. The van der Waals surface area contributed by atoms with Crippen molar-refractivity contribution < 1.29 is 18.0 Å². The molecule has 31 heavy (non-hydrogen) atoms. The van der Waals surface area contributed by atoms with Gasteiger partial charge in [0.25, 0.3) is 0 Å². The van der Waals surface area contributed by atoms with Crippen LogP contribution in [0.15, 0.2) is 52.7 Å². The maximum atomic E-state index is 12.9. The number of benzene rings is 1. The summed E-state index contributed by atoms with van der Waals surface area (Å²) in [5.74, 6) is -0.551. The van der Waals surface area contributed by atoms with Crippen molar-refractivity contribution in [3.63, 3.8) is 0 Å². The number of amides is 2. The molecule has 1 aliphatic rings. The second-order valence-corrected chi connectivity index (χ2v) is 10.1. The zero-order valence-corrected chi connectivity index (χ0v) is 18.7. The van der Waals surface area contributed by atoms with Crippen molar-refractivity contribution in [1.82, 2.24) is 14.5 Å². The predicted octanol–water partition coefficient (Wildman–Crippen LogP) is 2.78. The summed E-state index contributed by atoms with van der Waals surface area (Å²) in [4.78, 5) is 25.9. The van der Waals surface area contributed by atoms with Crippen molar-refractivity contribution in [3.8, 4) is 0 Å². The Kier molecular flexibility index (Phi) is 5.78. The first kappa shape index (κ1) is 21.4. The molecule has 0 aliphatic carbocycles. The minimum atomic E-state index is -3.80. The Morgan fingerprint density at radius 3 is 2.32 bits per heavy atom. The Morgan fingerprint density at radius 1 is 1.10 bits per heavy atom. The Hall–Kier alpha value is -2.82. The summed E-state index contributed by atoms with van der Waals surface area (Å²) < 4.78 is 30.3. The van der Waals surface area contributed by atoms with Crippen LogP contribution >= 0.6 is 11.3 Å². The zero-order chi connectivity index (χ0) is 22.2. The second-order valence-electron chi connectivity index (χ2n) is 7.37. The summed E-state index contributed by atoms with van der Waals surface area (Å²) in [7, 11) is -3.80. The Labute approximate surface area is 184 Å². The SMILES string of the molecule is Cc1cc(C)n(C(CNS(=O)(=O)c2ccc(N3C(=O)CCC3=O)cc2)c2cccs2)n1. The van der Waals surface area contributed by atoms with Crippen LogP contribution in [-0.2, 0) is 19.6 Å². The van der Waals surface area contributed by atoms with Gasteiger partial charge in [0.2, 0.25) is 21.8 Å². The highest BCUT2D eigenvalue weighted by Crippen LogP contribution is 2.26. The summed E-state index contributed by atoms with van der Waals surface area (Å²) in [6.07, 6.45) is 0.355. The van der Waals surface area contributed by atoms with Crippen LogP contribution in [0.4, 0.5) is 5.69 Å². The number of hydrogen-bond donors (Lipinski definition) is 1. The number of hydrogen-bond acceptors (Lipinski definition) is 6. The number of carbonyl (C=O) groups is 2. The summed E-state index contributed by atoms with van der Waals surface area (Å²) in [6.45, 7) is 3.97. The molecule has 10 heteroatoms. The fourth-order valence-electron chi connectivity index (χ4n) is 3.66. The highest BCUT2D eigenvalue weighted by Gasteiger charge is 2.30. The molecule has 0 bridgehead atoms. The lowest BCUT2D eigenvalue weighted by atomic mass is 10.2. The Morgan fingerprint density at radius 2 is 1.77 bits per heavy atom. The third-order valence-corrected chi connectivity index (χ3v) is 7.55. The molecule has 1 saturated heterocycles. The lowest BCUT2D eigenvalue weighted by Crippen LogP contribution is -2.32. The van der Waals surface area contributed by atoms with Crippen LogP contribution in [0.3, 0.4) is 0 Å². The highest BCUT2D eigenvalue weighted by atomic mass is 32.2. The Bertz CT molecular complexity index is 1200. The maximum Gasteiger partial charge on any atom is 0.240 e. The number of thiophene rings is 1. The van der Waals surface area contributed by atoms with E-state index in [-0.39, 0.29) is 42.1 Å². The number of nitrogens with one attached hydrogen (secondary N) is 1. The van der Waals surface area contributed by atoms with E-state index in [0.717, 1.165) is 21.2 Å². The number of aromatic nitrogens is 2. The highest BCUT2D eigenvalue weighted by molar-refractivity contribution is 7.89. The van der Waals surface area contributed by atoms with E-state index < -0.39 is 10.0 Å². The molecule has 0 radical (unpaired) electrons. The van der Waals surface area contributed by atoms with Gasteiger partial charge in [0.15, 0.2) is 0 Å². The molecule has 1 fully saturated rings. The molecule has 3 heterocycles. The molecule has 1 unspecified atom stereocenters. The van der Waals surface area contributed by atoms with Crippen molar-refractivity contribution in [2.24, 2.45) is 0 Å². The second kappa shape index (κ2) is 8.37. The molecule has 162 valence electrons. The average molecular weight is 459 g/mol. The smallest absolute Gasteiger partial charge is 0.240 e. The van der Waals surface area contributed by atoms with Gasteiger partial charge in [0, 0.05) is 30.0 Å². The van der Waals surface area contributed by atoms with Gasteiger partial charge >= 0.3 is 0 Å². The molecule has 0 saturated carbocycles. The zero-order valence-electron chi connectivity index (χ0n) is 17.1. The number of carbonyl (C=O) groups excluding carboxylic acids is 2. The molecule has 1 aliphatic heterocycles. The lowest BCUT2D eigenvalue weighted by Gasteiger charge is -2.19. The van der Waals surface area contributed by atoms with Crippen LogP contribution < -0.4 is 9.62 Å². The molecule has 4 rings (SSSR count). The number of anilines is 1. The van der Waals surface area contributed by atoms with Gasteiger partial charge in [-0.15, -0.1) is 11.3 Å². The van der Waals surface area contributed by atoms with Crippen molar-refractivity contribution >= 4 is 38.9 Å². The molecule has 1 N–H and O–H groups in total. The molecule has 1 aromatic carbocycles. The van der Waals surface area contributed by atoms with Crippen LogP contribution in [0.2, 0.25) is 0 Å². The molecular weight excluding hydrogens is 436 g/mol. The first-order valence-corrected chi connectivity index (χ1v) is 12.1. The van der Waals surface area contributed by atoms with Crippen LogP contribution in [0.5, 0.6) is 0 Å². The number of sulfonamides is 1. The van der Waals surface area contributed by atoms with E-state index in [0.29, 0.717) is 5.69 Å². The van der Waals surface area contributed by atoms with Gasteiger partial charge in [-0.3, -0.25) is 19.2 Å². The normalized spacial score (nSPS) is 15.6. The van der Waals surface area contributed by atoms with Gasteiger partial charge in [-0.25, -0.2) is 13.1 Å². The van der Waals surface area contributed by atoms with Gasteiger partial charge in [-0.1, -0.05) is 6.07 Å². The van der Waals surface area contributed by atoms with Gasteiger partial charge in [-0.05, 0) is 55.6 Å². The van der Waals surface area contributed by atoms with E-state index in [1.54, 1.807) is 11.3 Å². The third kappa shape index (κ3) is 4.32. The molecule has 3 aromatic rings. The number of aryl methyl sites for hydroxylation is 2. The standard InChI is InChI=1S/C21H22N4O4S2/c1-14-12-15(2)25(23-14)18(19-4-3-11-30-19)13-22-31(28,29)17-7-5-16(6-8-17)24-20(26)9-10-21(24)27/h3-8,11-12,18,22H,9-10,13H2,1-2H3. The number of nitrogens with zero attached hydrogens (tertiary/aromatic N) is 3. The third-order valence-electron chi connectivity index (χ3n) is 5.13. The predicted molar refractivity (Wildman–Crippen MR) is 118 cm³/mol. The van der Waals surface area contributed by atoms with Gasteiger partial charge in [-0.2, -0.15) is 5.10 Å². The van der Waals surface area contributed by atoms with E-state index >= 15 is 0 Å². The van der Waals surface area contributed by atoms with E-state index in [1.807, 2.05) is 42.1 Å². The topological polar surface area (TPSA) is 101 Å². The fourth-order valence-corrected chi connectivity index (χ4v) is 5.51. The quantitative estimate of drug-likeness (QED) is 0.549. The lowest BCUT2D eigenvalue weighted by molar-refractivity contribution is -0.121.